The molecule has 176 valence electrons. The highest BCUT2D eigenvalue weighted by molar-refractivity contribution is 5.86. The highest BCUT2D eigenvalue weighted by Gasteiger charge is 2.15. The van der Waals surface area contributed by atoms with Crippen LogP contribution in [0, 0.1) is 10.1 Å². The summed E-state index contributed by atoms with van der Waals surface area (Å²) in [6.45, 7) is 0.382. The largest absolute Gasteiger partial charge is 0.493 e. The van der Waals surface area contributed by atoms with Crippen LogP contribution in [0.25, 0.3) is 10.8 Å². The van der Waals surface area contributed by atoms with Crippen molar-refractivity contribution in [3.8, 4) is 11.5 Å². The second-order valence-electron chi connectivity index (χ2n) is 7.69. The first-order valence-electron chi connectivity index (χ1n) is 10.9. The van der Waals surface area contributed by atoms with E-state index in [0.717, 1.165) is 16.3 Å². The van der Waals surface area contributed by atoms with E-state index in [1.54, 1.807) is 43.5 Å². The van der Waals surface area contributed by atoms with Crippen molar-refractivity contribution < 1.29 is 19.2 Å². The van der Waals surface area contributed by atoms with Crippen molar-refractivity contribution in [2.75, 3.05) is 7.11 Å². The minimum atomic E-state index is -0.512. The standard InChI is InChI=1S/C27H23N3O5/c1-34-26-15-19(17-28-29-27(31)16-21-8-3-5-12-24(21)30(32)33)13-14-25(26)35-18-22-10-6-9-20-7-2-4-11-23(20)22/h2-15,17H,16,18H2,1H3,(H,29,31)/b28-17+. The molecule has 4 rings (SSSR count). The zero-order valence-corrected chi connectivity index (χ0v) is 19.0. The molecule has 0 bridgehead atoms. The number of hydrogen-bond donors (Lipinski definition) is 1. The number of methoxy groups -OCH3 is 1. The molecule has 0 aliphatic heterocycles. The number of rotatable bonds is 9. The van der Waals surface area contributed by atoms with Gasteiger partial charge in [-0.1, -0.05) is 60.7 Å². The normalized spacial score (nSPS) is 10.9. The molecule has 0 saturated carbocycles. The number of amides is 1. The highest BCUT2D eigenvalue weighted by atomic mass is 16.6. The van der Waals surface area contributed by atoms with Gasteiger partial charge in [0.15, 0.2) is 11.5 Å². The van der Waals surface area contributed by atoms with Crippen molar-refractivity contribution in [2.24, 2.45) is 5.10 Å². The average Bonchev–Trinajstić information content (AvgIpc) is 2.88. The maximum atomic E-state index is 12.2. The molecule has 8 nitrogen and oxygen atoms in total. The fraction of sp³-hybridized carbons (Fsp3) is 0.111. The predicted octanol–water partition coefficient (Wildman–Crippen LogP) is 5.03. The Morgan fingerprint density at radius 3 is 2.54 bits per heavy atom. The zero-order valence-electron chi connectivity index (χ0n) is 19.0. The Morgan fingerprint density at radius 1 is 0.971 bits per heavy atom. The van der Waals surface area contributed by atoms with Gasteiger partial charge in [-0.3, -0.25) is 14.9 Å². The molecule has 35 heavy (non-hydrogen) atoms. The van der Waals surface area contributed by atoms with Crippen LogP contribution in [-0.4, -0.2) is 24.2 Å². The third-order valence-electron chi connectivity index (χ3n) is 5.39. The molecule has 1 N–H and O–H groups in total. The lowest BCUT2D eigenvalue weighted by atomic mass is 10.1. The van der Waals surface area contributed by atoms with Gasteiger partial charge >= 0.3 is 0 Å². The fourth-order valence-electron chi connectivity index (χ4n) is 3.69. The van der Waals surface area contributed by atoms with Gasteiger partial charge in [-0.25, -0.2) is 5.43 Å². The van der Waals surface area contributed by atoms with Gasteiger partial charge in [0.25, 0.3) is 5.69 Å². The molecule has 0 spiro atoms. The number of benzene rings is 4. The first-order valence-corrected chi connectivity index (χ1v) is 10.9. The minimum absolute atomic E-state index is 0.101. The summed E-state index contributed by atoms with van der Waals surface area (Å²) in [5.41, 5.74) is 4.37. The Morgan fingerprint density at radius 2 is 1.71 bits per heavy atom. The van der Waals surface area contributed by atoms with E-state index in [4.69, 9.17) is 9.47 Å². The first-order chi connectivity index (χ1) is 17.0. The van der Waals surface area contributed by atoms with Crippen molar-refractivity contribution >= 4 is 28.6 Å². The number of hydrogen-bond acceptors (Lipinski definition) is 6. The van der Waals surface area contributed by atoms with Gasteiger partial charge in [0.1, 0.15) is 6.61 Å². The Balaban J connectivity index is 1.39. The van der Waals surface area contributed by atoms with Gasteiger partial charge in [0.2, 0.25) is 5.91 Å². The average molecular weight is 469 g/mol. The van der Waals surface area contributed by atoms with Gasteiger partial charge in [-0.2, -0.15) is 5.10 Å². The third-order valence-corrected chi connectivity index (χ3v) is 5.39. The Kier molecular flexibility index (Phi) is 7.32. The number of nitrogens with zero attached hydrogens (tertiary/aromatic N) is 2. The van der Waals surface area contributed by atoms with Crippen molar-refractivity contribution in [1.29, 1.82) is 0 Å². The monoisotopic (exact) mass is 469 g/mol. The fourth-order valence-corrected chi connectivity index (χ4v) is 3.69. The molecule has 1 amide bonds. The third kappa shape index (κ3) is 5.80. The number of carbonyl (C=O) groups is 1. The van der Waals surface area contributed by atoms with Crippen molar-refractivity contribution in [2.45, 2.75) is 13.0 Å². The van der Waals surface area contributed by atoms with E-state index in [2.05, 4.69) is 28.7 Å². The quantitative estimate of drug-likeness (QED) is 0.210. The number of hydrazone groups is 1. The van der Waals surface area contributed by atoms with E-state index < -0.39 is 10.8 Å². The number of nitrogens with one attached hydrogen (secondary N) is 1. The molecule has 0 atom stereocenters. The number of fused-ring (bicyclic) bond motifs is 1. The van der Waals surface area contributed by atoms with Crippen LogP contribution in [0.5, 0.6) is 11.5 Å². The second-order valence-corrected chi connectivity index (χ2v) is 7.69. The predicted molar refractivity (Wildman–Crippen MR) is 134 cm³/mol. The number of nitro groups is 1. The molecule has 0 fully saturated rings. The van der Waals surface area contributed by atoms with Gasteiger partial charge in [-0.05, 0) is 40.1 Å². The lowest BCUT2D eigenvalue weighted by Gasteiger charge is -2.12. The van der Waals surface area contributed by atoms with Crippen LogP contribution in [0.2, 0.25) is 0 Å². The summed E-state index contributed by atoms with van der Waals surface area (Å²) in [5.74, 6) is 0.649. The molecule has 0 aliphatic rings. The van der Waals surface area contributed by atoms with Crippen LogP contribution in [0.15, 0.2) is 90.0 Å². The summed E-state index contributed by atoms with van der Waals surface area (Å²) >= 11 is 0. The van der Waals surface area contributed by atoms with E-state index in [1.165, 1.54) is 12.3 Å². The number of ether oxygens (including phenoxy) is 2. The van der Waals surface area contributed by atoms with E-state index in [1.807, 2.05) is 24.3 Å². The number of carbonyl (C=O) groups excluding carboxylic acids is 1. The first kappa shape index (κ1) is 23.4. The molecule has 0 aliphatic carbocycles. The molecular weight excluding hydrogens is 446 g/mol. The maximum Gasteiger partial charge on any atom is 0.273 e. The molecule has 0 saturated heterocycles. The van der Waals surface area contributed by atoms with Crippen LogP contribution in [0.1, 0.15) is 16.7 Å². The maximum absolute atomic E-state index is 12.2. The smallest absolute Gasteiger partial charge is 0.273 e. The van der Waals surface area contributed by atoms with Gasteiger partial charge in [-0.15, -0.1) is 0 Å². The Bertz CT molecular complexity index is 1400. The zero-order chi connectivity index (χ0) is 24.6. The van der Waals surface area contributed by atoms with Crippen molar-refractivity contribution in [3.05, 3.63) is 112 Å². The molecule has 4 aromatic carbocycles. The van der Waals surface area contributed by atoms with Crippen LogP contribution < -0.4 is 14.9 Å². The summed E-state index contributed by atoms with van der Waals surface area (Å²) in [6, 6.07) is 25.7. The van der Waals surface area contributed by atoms with E-state index in [9.17, 15) is 14.9 Å². The van der Waals surface area contributed by atoms with Crippen LogP contribution in [-0.2, 0) is 17.8 Å². The summed E-state index contributed by atoms with van der Waals surface area (Å²) in [5, 5.41) is 17.3. The molecule has 0 aromatic heterocycles. The van der Waals surface area contributed by atoms with Gasteiger partial charge < -0.3 is 9.47 Å². The molecule has 0 unspecified atom stereocenters. The van der Waals surface area contributed by atoms with E-state index in [-0.39, 0.29) is 12.1 Å². The van der Waals surface area contributed by atoms with Crippen LogP contribution >= 0.6 is 0 Å². The second kappa shape index (κ2) is 10.9. The summed E-state index contributed by atoms with van der Waals surface area (Å²) in [4.78, 5) is 22.8. The highest BCUT2D eigenvalue weighted by Crippen LogP contribution is 2.29. The van der Waals surface area contributed by atoms with Crippen molar-refractivity contribution in [3.63, 3.8) is 0 Å². The summed E-state index contributed by atoms with van der Waals surface area (Å²) in [7, 11) is 1.55. The minimum Gasteiger partial charge on any atom is -0.493 e. The lowest BCUT2D eigenvalue weighted by molar-refractivity contribution is -0.385. The molecule has 0 heterocycles. The molecule has 8 heteroatoms. The van der Waals surface area contributed by atoms with E-state index >= 15 is 0 Å². The molecule has 0 radical (unpaired) electrons. The lowest BCUT2D eigenvalue weighted by Crippen LogP contribution is -2.20. The van der Waals surface area contributed by atoms with Crippen LogP contribution in [0.3, 0.4) is 0 Å². The Hall–Kier alpha value is -4.72. The van der Waals surface area contributed by atoms with E-state index in [0.29, 0.717) is 29.2 Å². The Labute approximate surface area is 202 Å². The summed E-state index contributed by atoms with van der Waals surface area (Å²) in [6.07, 6.45) is 1.31. The van der Waals surface area contributed by atoms with Gasteiger partial charge in [0.05, 0.1) is 24.7 Å². The van der Waals surface area contributed by atoms with Crippen LogP contribution in [0.4, 0.5) is 5.69 Å². The number of para-hydroxylation sites is 1. The van der Waals surface area contributed by atoms with Crippen molar-refractivity contribution in [1.82, 2.24) is 5.43 Å². The summed E-state index contributed by atoms with van der Waals surface area (Å²) < 4.78 is 11.5. The topological polar surface area (TPSA) is 103 Å². The van der Waals surface area contributed by atoms with Gasteiger partial charge in [0, 0.05) is 11.6 Å². The molecule has 4 aromatic rings. The number of nitro benzene ring substituents is 1. The SMILES string of the molecule is COc1cc(/C=N/NC(=O)Cc2ccccc2[N+](=O)[O-])ccc1OCc1cccc2ccccc12. The molecular formula is C27H23N3O5.